The van der Waals surface area contributed by atoms with E-state index in [2.05, 4.69) is 10.6 Å². The Labute approximate surface area is 179 Å². The minimum absolute atomic E-state index is 0.0333. The zero-order valence-electron chi connectivity index (χ0n) is 17.9. The molecule has 0 bridgehead atoms. The molecule has 0 unspecified atom stereocenters. The van der Waals surface area contributed by atoms with E-state index in [0.717, 1.165) is 48.3 Å². The van der Waals surface area contributed by atoms with Crippen molar-refractivity contribution in [3.63, 3.8) is 0 Å². The molecule has 2 aromatic rings. The molecule has 0 saturated heterocycles. The predicted molar refractivity (Wildman–Crippen MR) is 118 cm³/mol. The van der Waals surface area contributed by atoms with Crippen LogP contribution in [0.15, 0.2) is 48.5 Å². The van der Waals surface area contributed by atoms with Crippen LogP contribution in [0, 0.1) is 0 Å². The maximum Gasteiger partial charge on any atom is 0.224 e. The lowest BCUT2D eigenvalue weighted by Crippen LogP contribution is -2.26. The highest BCUT2D eigenvalue weighted by Gasteiger charge is 2.04. The molecule has 6 heteroatoms. The summed E-state index contributed by atoms with van der Waals surface area (Å²) < 4.78 is 10.2. The number of methoxy groups -OCH3 is 2. The standard InChI is InChI=1S/C24H32N2O4/c1-29-21-11-7-19(8-12-21)17-23(27)25-15-5-3-4-6-16-26-24(28)18-20-9-13-22(30-2)14-10-20/h7-14H,3-6,15-18H2,1-2H3,(H,25,27)(H,26,28). The van der Waals surface area contributed by atoms with Crippen LogP contribution in [0.5, 0.6) is 11.5 Å². The van der Waals surface area contributed by atoms with Crippen LogP contribution < -0.4 is 20.1 Å². The van der Waals surface area contributed by atoms with E-state index < -0.39 is 0 Å². The summed E-state index contributed by atoms with van der Waals surface area (Å²) in [7, 11) is 3.25. The first-order chi connectivity index (χ1) is 14.6. The van der Waals surface area contributed by atoms with Gasteiger partial charge in [0.1, 0.15) is 11.5 Å². The van der Waals surface area contributed by atoms with Crippen LogP contribution in [0.1, 0.15) is 36.8 Å². The maximum atomic E-state index is 12.0. The van der Waals surface area contributed by atoms with E-state index in [1.807, 2.05) is 48.5 Å². The summed E-state index contributed by atoms with van der Waals surface area (Å²) in [5.74, 6) is 1.64. The van der Waals surface area contributed by atoms with Gasteiger partial charge in [-0.05, 0) is 48.2 Å². The zero-order valence-corrected chi connectivity index (χ0v) is 17.9. The van der Waals surface area contributed by atoms with E-state index in [1.165, 1.54) is 0 Å². The Morgan fingerprint density at radius 3 is 1.33 bits per heavy atom. The van der Waals surface area contributed by atoms with E-state index in [-0.39, 0.29) is 11.8 Å². The molecule has 2 rings (SSSR count). The van der Waals surface area contributed by atoms with Gasteiger partial charge in [0.05, 0.1) is 27.1 Å². The van der Waals surface area contributed by atoms with E-state index in [1.54, 1.807) is 14.2 Å². The molecule has 0 aliphatic heterocycles. The van der Waals surface area contributed by atoms with Crippen LogP contribution in [0.2, 0.25) is 0 Å². The number of ether oxygens (including phenoxy) is 2. The summed E-state index contributed by atoms with van der Waals surface area (Å²) in [6.45, 7) is 1.36. The fourth-order valence-electron chi connectivity index (χ4n) is 3.04. The molecular formula is C24H32N2O4. The van der Waals surface area contributed by atoms with Gasteiger partial charge < -0.3 is 20.1 Å². The molecule has 0 fully saturated rings. The lowest BCUT2D eigenvalue weighted by molar-refractivity contribution is -0.121. The van der Waals surface area contributed by atoms with Crippen molar-refractivity contribution in [3.8, 4) is 11.5 Å². The van der Waals surface area contributed by atoms with Crippen LogP contribution in [-0.2, 0) is 22.4 Å². The van der Waals surface area contributed by atoms with Crippen molar-refractivity contribution in [3.05, 3.63) is 59.7 Å². The Hall–Kier alpha value is -3.02. The largest absolute Gasteiger partial charge is 0.497 e. The molecule has 2 aromatic carbocycles. The number of unbranched alkanes of at least 4 members (excludes halogenated alkanes) is 3. The monoisotopic (exact) mass is 412 g/mol. The predicted octanol–water partition coefficient (Wildman–Crippen LogP) is 3.28. The number of hydrogen-bond acceptors (Lipinski definition) is 4. The molecule has 30 heavy (non-hydrogen) atoms. The lowest BCUT2D eigenvalue weighted by Gasteiger charge is -2.07. The van der Waals surface area contributed by atoms with Gasteiger partial charge in [-0.15, -0.1) is 0 Å². The van der Waals surface area contributed by atoms with Gasteiger partial charge in [-0.2, -0.15) is 0 Å². The first-order valence-electron chi connectivity index (χ1n) is 10.4. The summed E-state index contributed by atoms with van der Waals surface area (Å²) in [6.07, 6.45) is 4.69. The molecule has 162 valence electrons. The molecular weight excluding hydrogens is 380 g/mol. The van der Waals surface area contributed by atoms with Gasteiger partial charge in [-0.25, -0.2) is 0 Å². The highest BCUT2D eigenvalue weighted by molar-refractivity contribution is 5.79. The van der Waals surface area contributed by atoms with Crippen molar-refractivity contribution in [2.75, 3.05) is 27.3 Å². The third-order valence-corrected chi connectivity index (χ3v) is 4.80. The molecule has 0 aliphatic carbocycles. The highest BCUT2D eigenvalue weighted by Crippen LogP contribution is 2.12. The summed E-state index contributed by atoms with van der Waals surface area (Å²) in [4.78, 5) is 23.9. The number of amides is 2. The number of carbonyl (C=O) groups excluding carboxylic acids is 2. The van der Waals surface area contributed by atoms with E-state index in [9.17, 15) is 9.59 Å². The van der Waals surface area contributed by atoms with Crippen molar-refractivity contribution in [2.24, 2.45) is 0 Å². The Kier molecular flexibility index (Phi) is 10.3. The molecule has 0 atom stereocenters. The second-order valence-electron chi connectivity index (χ2n) is 7.16. The Bertz CT molecular complexity index is 705. The van der Waals surface area contributed by atoms with Gasteiger partial charge in [0, 0.05) is 13.1 Å². The molecule has 0 saturated carbocycles. The topological polar surface area (TPSA) is 76.7 Å². The first-order valence-corrected chi connectivity index (χ1v) is 10.4. The Morgan fingerprint density at radius 1 is 0.633 bits per heavy atom. The van der Waals surface area contributed by atoms with E-state index in [0.29, 0.717) is 25.9 Å². The van der Waals surface area contributed by atoms with Crippen LogP contribution in [0.25, 0.3) is 0 Å². The van der Waals surface area contributed by atoms with Gasteiger partial charge in [0.2, 0.25) is 11.8 Å². The van der Waals surface area contributed by atoms with Crippen LogP contribution in [0.3, 0.4) is 0 Å². The second kappa shape index (κ2) is 13.2. The quantitative estimate of drug-likeness (QED) is 0.495. The third kappa shape index (κ3) is 8.99. The molecule has 2 amide bonds. The van der Waals surface area contributed by atoms with Crippen LogP contribution >= 0.6 is 0 Å². The zero-order chi connectivity index (χ0) is 21.6. The molecule has 0 heterocycles. The maximum absolute atomic E-state index is 12.0. The summed E-state index contributed by atoms with van der Waals surface area (Å²) in [5, 5.41) is 5.91. The van der Waals surface area contributed by atoms with Gasteiger partial charge in [0.25, 0.3) is 0 Å². The van der Waals surface area contributed by atoms with Gasteiger partial charge in [0.15, 0.2) is 0 Å². The average Bonchev–Trinajstić information content (AvgIpc) is 2.76. The first kappa shape index (κ1) is 23.3. The van der Waals surface area contributed by atoms with Crippen molar-refractivity contribution < 1.29 is 19.1 Å². The smallest absolute Gasteiger partial charge is 0.224 e. The lowest BCUT2D eigenvalue weighted by atomic mass is 10.1. The number of rotatable bonds is 13. The minimum Gasteiger partial charge on any atom is -0.497 e. The van der Waals surface area contributed by atoms with Crippen molar-refractivity contribution in [1.29, 1.82) is 0 Å². The summed E-state index contributed by atoms with van der Waals surface area (Å²) >= 11 is 0. The average molecular weight is 413 g/mol. The normalized spacial score (nSPS) is 10.3. The van der Waals surface area contributed by atoms with Crippen molar-refractivity contribution in [1.82, 2.24) is 10.6 Å². The highest BCUT2D eigenvalue weighted by atomic mass is 16.5. The number of carbonyl (C=O) groups is 2. The Morgan fingerprint density at radius 2 is 1.00 bits per heavy atom. The second-order valence-corrected chi connectivity index (χ2v) is 7.16. The third-order valence-electron chi connectivity index (χ3n) is 4.80. The molecule has 2 N–H and O–H groups in total. The fraction of sp³-hybridized carbons (Fsp3) is 0.417. The van der Waals surface area contributed by atoms with Crippen LogP contribution in [0.4, 0.5) is 0 Å². The van der Waals surface area contributed by atoms with Crippen molar-refractivity contribution >= 4 is 11.8 Å². The molecule has 0 radical (unpaired) electrons. The summed E-state index contributed by atoms with van der Waals surface area (Å²) in [5.41, 5.74) is 1.94. The van der Waals surface area contributed by atoms with Gasteiger partial charge in [-0.1, -0.05) is 37.1 Å². The van der Waals surface area contributed by atoms with Crippen molar-refractivity contribution in [2.45, 2.75) is 38.5 Å². The van der Waals surface area contributed by atoms with Gasteiger partial charge >= 0.3 is 0 Å². The summed E-state index contributed by atoms with van der Waals surface area (Å²) in [6, 6.07) is 15.1. The molecule has 0 aliphatic rings. The number of hydrogen-bond donors (Lipinski definition) is 2. The van der Waals surface area contributed by atoms with Gasteiger partial charge in [-0.3, -0.25) is 9.59 Å². The molecule has 6 nitrogen and oxygen atoms in total. The van der Waals surface area contributed by atoms with E-state index >= 15 is 0 Å². The number of nitrogens with one attached hydrogen (secondary N) is 2. The molecule has 0 aromatic heterocycles. The minimum atomic E-state index is 0.0333. The SMILES string of the molecule is COc1ccc(CC(=O)NCCCCCCNC(=O)Cc2ccc(OC)cc2)cc1. The van der Waals surface area contributed by atoms with E-state index in [4.69, 9.17) is 9.47 Å². The number of benzene rings is 2. The molecule has 0 spiro atoms. The van der Waals surface area contributed by atoms with Crippen LogP contribution in [-0.4, -0.2) is 39.1 Å². The fourth-order valence-corrected chi connectivity index (χ4v) is 3.04. The Balaban J connectivity index is 1.47.